The van der Waals surface area contributed by atoms with Gasteiger partial charge < -0.3 is 4.90 Å². The summed E-state index contributed by atoms with van der Waals surface area (Å²) in [5.74, 6) is -0.640. The van der Waals surface area contributed by atoms with Gasteiger partial charge in [-0.05, 0) is 67.0 Å². The van der Waals surface area contributed by atoms with E-state index in [1.54, 1.807) is 17.0 Å². The van der Waals surface area contributed by atoms with Crippen LogP contribution in [0.25, 0.3) is 11.1 Å². The average molecular weight is 508 g/mol. The van der Waals surface area contributed by atoms with Crippen LogP contribution in [0.3, 0.4) is 0 Å². The number of nitrogens with zero attached hydrogens (tertiary/aromatic N) is 1. The Balaban J connectivity index is 1.55. The van der Waals surface area contributed by atoms with Crippen LogP contribution < -0.4 is 0 Å². The molecule has 0 radical (unpaired) electrons. The predicted molar refractivity (Wildman–Crippen MR) is 125 cm³/mol. The molecule has 0 spiro atoms. The summed E-state index contributed by atoms with van der Waals surface area (Å²) >= 11 is 0. The first kappa shape index (κ1) is 25.2. The highest BCUT2D eigenvalue weighted by Crippen LogP contribution is 2.36. The number of carbonyl (C=O) groups is 1. The second-order valence-corrected chi connectivity index (χ2v) is 11.1. The van der Waals surface area contributed by atoms with E-state index in [0.717, 1.165) is 17.9 Å². The minimum atomic E-state index is -4.30. The van der Waals surface area contributed by atoms with Gasteiger partial charge in [-0.3, -0.25) is 4.79 Å². The molecule has 2 aromatic carbocycles. The van der Waals surface area contributed by atoms with E-state index in [1.165, 1.54) is 36.4 Å². The van der Waals surface area contributed by atoms with Crippen molar-refractivity contribution in [3.8, 4) is 11.1 Å². The van der Waals surface area contributed by atoms with Crippen LogP contribution in [0.5, 0.6) is 0 Å². The van der Waals surface area contributed by atoms with Crippen molar-refractivity contribution in [3.63, 3.8) is 0 Å². The van der Waals surface area contributed by atoms with Gasteiger partial charge in [0, 0.05) is 30.5 Å². The number of allylic oxidation sites excluding steroid dienone is 4. The van der Waals surface area contributed by atoms with Crippen LogP contribution in [0.4, 0.5) is 17.6 Å². The van der Waals surface area contributed by atoms with Gasteiger partial charge in [0.15, 0.2) is 9.84 Å². The molecule has 0 aromatic heterocycles. The number of carbonyl (C=O) groups excluding carboxylic acids is 1. The van der Waals surface area contributed by atoms with Gasteiger partial charge in [0.25, 0.3) is 5.91 Å². The molecular weight excluding hydrogens is 482 g/mol. The zero-order valence-electron chi connectivity index (χ0n) is 19.1. The topological polar surface area (TPSA) is 54.5 Å². The Hall–Kier alpha value is -2.94. The van der Waals surface area contributed by atoms with Crippen LogP contribution >= 0.6 is 0 Å². The maximum atomic E-state index is 13.5. The standard InChI is InChI=1S/C26H25F4NO3S/c1-35(33,34)22-10-11-23(19-4-8-21(27)9-5-19)24(15-22)25(32)31-13-12-18(16-31)14-17-2-6-20(7-3-17)26(28,29)30/h2,4-6,8-11,15,18H,3,7,12-14,16H2,1H3. The lowest BCUT2D eigenvalue weighted by atomic mass is 9.90. The highest BCUT2D eigenvalue weighted by atomic mass is 32.2. The van der Waals surface area contributed by atoms with E-state index >= 15 is 0 Å². The minimum Gasteiger partial charge on any atom is -0.338 e. The lowest BCUT2D eigenvalue weighted by molar-refractivity contribution is -0.0941. The lowest BCUT2D eigenvalue weighted by Gasteiger charge is -2.21. The maximum Gasteiger partial charge on any atom is 0.412 e. The van der Waals surface area contributed by atoms with Crippen LogP contribution in [0, 0.1) is 11.7 Å². The van der Waals surface area contributed by atoms with Crippen molar-refractivity contribution in [2.45, 2.75) is 36.8 Å². The second-order valence-electron chi connectivity index (χ2n) is 9.11. The molecule has 35 heavy (non-hydrogen) atoms. The van der Waals surface area contributed by atoms with E-state index in [9.17, 15) is 30.8 Å². The monoisotopic (exact) mass is 507 g/mol. The molecule has 4 nitrogen and oxygen atoms in total. The number of rotatable bonds is 5. The molecule has 1 aliphatic carbocycles. The number of hydrogen-bond donors (Lipinski definition) is 0. The molecule has 0 N–H and O–H groups in total. The smallest absolute Gasteiger partial charge is 0.338 e. The largest absolute Gasteiger partial charge is 0.412 e. The fourth-order valence-corrected chi connectivity index (χ4v) is 5.27. The number of amides is 1. The van der Waals surface area contributed by atoms with Crippen LogP contribution in [0.15, 0.2) is 70.7 Å². The molecule has 9 heteroatoms. The third kappa shape index (κ3) is 5.83. The van der Waals surface area contributed by atoms with Gasteiger partial charge in [0.05, 0.1) is 4.90 Å². The summed E-state index contributed by atoms with van der Waals surface area (Å²) in [6.45, 7) is 0.893. The molecule has 1 aliphatic heterocycles. The second kappa shape index (κ2) is 9.60. The molecule has 2 aliphatic rings. The summed E-state index contributed by atoms with van der Waals surface area (Å²) in [7, 11) is -3.56. The SMILES string of the molecule is CS(=O)(=O)c1ccc(-c2ccc(F)cc2)c(C(=O)N2CCC(CC3=CC=C(C(F)(F)F)CC3)C2)c1. The summed E-state index contributed by atoms with van der Waals surface area (Å²) in [6.07, 6.45) is 1.07. The molecular formula is C26H25F4NO3S. The van der Waals surface area contributed by atoms with E-state index < -0.39 is 27.4 Å². The summed E-state index contributed by atoms with van der Waals surface area (Å²) in [5, 5.41) is 0. The Morgan fingerprint density at radius 3 is 2.37 bits per heavy atom. The van der Waals surface area contributed by atoms with Crippen LogP contribution in [-0.4, -0.2) is 44.7 Å². The van der Waals surface area contributed by atoms with Gasteiger partial charge in [-0.15, -0.1) is 0 Å². The summed E-state index contributed by atoms with van der Waals surface area (Å²) in [4.78, 5) is 15.2. The molecule has 1 fully saturated rings. The van der Waals surface area contributed by atoms with E-state index in [0.29, 0.717) is 43.5 Å². The normalized spacial score (nSPS) is 18.9. The Labute approximate surface area is 201 Å². The Bertz CT molecular complexity index is 1290. The first-order valence-electron chi connectivity index (χ1n) is 11.3. The van der Waals surface area contributed by atoms with Gasteiger partial charge in [0.1, 0.15) is 5.82 Å². The molecule has 1 unspecified atom stereocenters. The highest BCUT2D eigenvalue weighted by Gasteiger charge is 2.34. The van der Waals surface area contributed by atoms with E-state index in [2.05, 4.69) is 0 Å². The van der Waals surface area contributed by atoms with Crippen LogP contribution in [0.1, 0.15) is 36.0 Å². The van der Waals surface area contributed by atoms with Crippen molar-refractivity contribution in [1.29, 1.82) is 0 Å². The van der Waals surface area contributed by atoms with Gasteiger partial charge in [0.2, 0.25) is 0 Å². The maximum absolute atomic E-state index is 13.5. The highest BCUT2D eigenvalue weighted by molar-refractivity contribution is 7.90. The van der Waals surface area contributed by atoms with Gasteiger partial charge in [-0.2, -0.15) is 13.2 Å². The van der Waals surface area contributed by atoms with E-state index in [-0.39, 0.29) is 28.7 Å². The van der Waals surface area contributed by atoms with Gasteiger partial charge in [-0.1, -0.05) is 35.9 Å². The molecule has 186 valence electrons. The number of halogens is 4. The quantitative estimate of drug-likeness (QED) is 0.470. The Morgan fingerprint density at radius 2 is 1.77 bits per heavy atom. The summed E-state index contributed by atoms with van der Waals surface area (Å²) < 4.78 is 76.2. The molecule has 2 aromatic rings. The van der Waals surface area contributed by atoms with E-state index in [4.69, 9.17) is 0 Å². The van der Waals surface area contributed by atoms with Crippen molar-refractivity contribution < 1.29 is 30.8 Å². The molecule has 0 bridgehead atoms. The van der Waals surface area contributed by atoms with Crippen LogP contribution in [0.2, 0.25) is 0 Å². The lowest BCUT2D eigenvalue weighted by Crippen LogP contribution is -2.29. The van der Waals surface area contributed by atoms with Crippen molar-refractivity contribution in [1.82, 2.24) is 4.90 Å². The molecule has 4 rings (SSSR count). The summed E-state index contributed by atoms with van der Waals surface area (Å²) in [5.41, 5.74) is 1.72. The van der Waals surface area contributed by atoms with Crippen molar-refractivity contribution in [2.24, 2.45) is 5.92 Å². The van der Waals surface area contributed by atoms with Gasteiger partial charge >= 0.3 is 6.18 Å². The van der Waals surface area contributed by atoms with Crippen LogP contribution in [-0.2, 0) is 9.84 Å². The predicted octanol–water partition coefficient (Wildman–Crippen LogP) is 5.96. The molecule has 0 saturated carbocycles. The Morgan fingerprint density at radius 1 is 1.06 bits per heavy atom. The Kier molecular flexibility index (Phi) is 6.90. The minimum absolute atomic E-state index is 0.0158. The number of hydrogen-bond acceptors (Lipinski definition) is 3. The van der Waals surface area contributed by atoms with Gasteiger partial charge in [-0.25, -0.2) is 12.8 Å². The van der Waals surface area contributed by atoms with Crippen molar-refractivity contribution >= 4 is 15.7 Å². The average Bonchev–Trinajstić information content (AvgIpc) is 3.26. The number of likely N-dealkylation sites (tertiary alicyclic amines) is 1. The fraction of sp³-hybridized carbons (Fsp3) is 0.346. The zero-order valence-corrected chi connectivity index (χ0v) is 19.9. The third-order valence-corrected chi connectivity index (χ3v) is 7.64. The number of benzene rings is 2. The number of alkyl halides is 3. The number of sulfone groups is 1. The van der Waals surface area contributed by atoms with Crippen molar-refractivity contribution in [2.75, 3.05) is 19.3 Å². The molecule has 1 heterocycles. The third-order valence-electron chi connectivity index (χ3n) is 6.53. The molecule has 1 saturated heterocycles. The first-order valence-corrected chi connectivity index (χ1v) is 13.2. The van der Waals surface area contributed by atoms with Crippen molar-refractivity contribution in [3.05, 3.63) is 77.1 Å². The van der Waals surface area contributed by atoms with E-state index in [1.807, 2.05) is 0 Å². The molecule has 1 amide bonds. The first-order chi connectivity index (χ1) is 16.4. The molecule has 1 atom stereocenters. The zero-order chi connectivity index (χ0) is 25.4. The summed E-state index contributed by atoms with van der Waals surface area (Å²) in [6, 6.07) is 9.96. The fourth-order valence-electron chi connectivity index (χ4n) is 4.62.